The summed E-state index contributed by atoms with van der Waals surface area (Å²) in [4.78, 5) is 0. The number of aryl methyl sites for hydroxylation is 1. The molecule has 0 N–H and O–H groups in total. The Balaban J connectivity index is -0.0000000546. The van der Waals surface area contributed by atoms with Crippen molar-refractivity contribution in [3.8, 4) is 0 Å². The van der Waals surface area contributed by atoms with Gasteiger partial charge < -0.3 is 4.74 Å². The lowest BCUT2D eigenvalue weighted by atomic mass is 10.2. The van der Waals surface area contributed by atoms with Crippen LogP contribution in [0.25, 0.3) is 0 Å². The highest BCUT2D eigenvalue weighted by molar-refractivity contribution is 7.79. The van der Waals surface area contributed by atoms with E-state index in [4.69, 9.17) is 4.74 Å². The largest absolute Gasteiger partial charge is 0.380 e. The molecule has 0 radical (unpaired) electrons. The number of ether oxygens (including phenoxy) is 1. The van der Waals surface area contributed by atoms with Crippen molar-refractivity contribution in [3.63, 3.8) is 0 Å². The summed E-state index contributed by atoms with van der Waals surface area (Å²) in [6.07, 6.45) is 1.14. The standard InChI is InChI=1S/C8H10O2S.C8H10O.C8H10.C6H6.5C2H6.4CH4/c1-10-11(9)7-8-5-3-2-4-6-8;1-9-7-8-5-3-2-4-6-8;1-2-8-6-4-3-5-7-8;1-2-4-6-5-3-1;5*1-2;;;;/h2-6H,7H2,1H3;2-6H,7H2,1H3;3-7H,2H2,1H3;1-6H;5*1-2H3;4*1H4. The Morgan fingerprint density at radius 3 is 0.917 bits per heavy atom. The second kappa shape index (κ2) is 66.4. The number of methoxy groups -OCH3 is 1. The van der Waals surface area contributed by atoms with E-state index in [0.717, 1.165) is 12.0 Å². The molecule has 282 valence electrons. The van der Waals surface area contributed by atoms with E-state index in [2.05, 4.69) is 35.4 Å². The lowest BCUT2D eigenvalue weighted by Gasteiger charge is -1.97. The van der Waals surface area contributed by atoms with Crippen molar-refractivity contribution in [1.82, 2.24) is 0 Å². The molecule has 0 bridgehead atoms. The second-order valence-corrected chi connectivity index (χ2v) is 8.24. The molecule has 4 aromatic rings. The molecule has 0 saturated carbocycles. The van der Waals surface area contributed by atoms with Gasteiger partial charge in [-0.15, -0.1) is 0 Å². The van der Waals surface area contributed by atoms with Gasteiger partial charge in [-0.25, -0.2) is 4.21 Å². The number of hydrogen-bond donors (Lipinski definition) is 0. The highest BCUT2D eigenvalue weighted by Crippen LogP contribution is 2.02. The summed E-state index contributed by atoms with van der Waals surface area (Å²) in [5.41, 5.74) is 3.67. The predicted octanol–water partition coefficient (Wildman–Crippen LogP) is 14.9. The summed E-state index contributed by atoms with van der Waals surface area (Å²) in [6.45, 7) is 22.9. The molecular weight excluding hydrogens is 609 g/mol. The van der Waals surface area contributed by atoms with Gasteiger partial charge in [0.1, 0.15) is 0 Å². The minimum atomic E-state index is -1.18. The van der Waals surface area contributed by atoms with E-state index in [0.29, 0.717) is 12.4 Å². The Hall–Kier alpha value is -3.05. The molecule has 1 unspecified atom stereocenters. The molecule has 0 heterocycles. The van der Waals surface area contributed by atoms with E-state index < -0.39 is 11.1 Å². The molecule has 4 aromatic carbocycles. The zero-order valence-corrected chi connectivity index (χ0v) is 31.2. The fourth-order valence-electron chi connectivity index (χ4n) is 2.61. The van der Waals surface area contributed by atoms with Gasteiger partial charge in [0.15, 0.2) is 11.1 Å². The summed E-state index contributed by atoms with van der Waals surface area (Å²) in [5.74, 6) is 0.470. The lowest BCUT2D eigenvalue weighted by molar-refractivity contribution is 0.185. The first-order chi connectivity index (χ1) is 21.7. The molecule has 4 heteroatoms. The normalized spacial score (nSPS) is 7.85. The Labute approximate surface area is 306 Å². The number of rotatable bonds is 6. The van der Waals surface area contributed by atoms with Crippen molar-refractivity contribution in [1.29, 1.82) is 0 Å². The van der Waals surface area contributed by atoms with E-state index in [1.807, 2.05) is 172 Å². The van der Waals surface area contributed by atoms with Crippen molar-refractivity contribution in [3.05, 3.63) is 144 Å². The Morgan fingerprint density at radius 1 is 0.438 bits per heavy atom. The molecule has 0 saturated heterocycles. The molecule has 48 heavy (non-hydrogen) atoms. The van der Waals surface area contributed by atoms with Crippen LogP contribution in [-0.2, 0) is 38.8 Å². The highest BCUT2D eigenvalue weighted by atomic mass is 32.2. The third-order valence-electron chi connectivity index (χ3n) is 4.38. The summed E-state index contributed by atoms with van der Waals surface area (Å²) in [6, 6.07) is 42.2. The predicted molar refractivity (Wildman–Crippen MR) is 228 cm³/mol. The highest BCUT2D eigenvalue weighted by Gasteiger charge is 1.97. The molecule has 0 aliphatic carbocycles. The maximum Gasteiger partial charge on any atom is 0.159 e. The SMILES string of the molecule is C.C.C.C.CC.CC.CC.CC.CC.CCc1ccccc1.COCc1ccccc1.COS(=O)Cc1ccccc1.c1ccccc1. The summed E-state index contributed by atoms with van der Waals surface area (Å²) in [5, 5.41) is 0. The van der Waals surface area contributed by atoms with Crippen molar-refractivity contribution >= 4 is 11.1 Å². The maximum atomic E-state index is 10.9. The first-order valence-corrected chi connectivity index (χ1v) is 17.5. The zero-order valence-electron chi connectivity index (χ0n) is 30.4. The smallest absolute Gasteiger partial charge is 0.159 e. The minimum Gasteiger partial charge on any atom is -0.380 e. The van der Waals surface area contributed by atoms with Gasteiger partial charge in [-0.1, -0.05) is 233 Å². The van der Waals surface area contributed by atoms with Crippen molar-refractivity contribution in [2.24, 2.45) is 0 Å². The van der Waals surface area contributed by atoms with E-state index >= 15 is 0 Å². The monoisotopic (exact) mass is 691 g/mol. The quantitative estimate of drug-likeness (QED) is 0.202. The average molecular weight is 691 g/mol. The third-order valence-corrected chi connectivity index (χ3v) is 5.33. The topological polar surface area (TPSA) is 35.5 Å². The van der Waals surface area contributed by atoms with E-state index in [1.54, 1.807) is 7.11 Å². The Morgan fingerprint density at radius 2 is 0.688 bits per heavy atom. The van der Waals surface area contributed by atoms with Crippen molar-refractivity contribution in [2.75, 3.05) is 14.2 Å². The van der Waals surface area contributed by atoms with Gasteiger partial charge in [0.05, 0.1) is 19.5 Å². The van der Waals surface area contributed by atoms with Crippen LogP contribution in [0, 0.1) is 0 Å². The van der Waals surface area contributed by atoms with Crippen LogP contribution in [0.3, 0.4) is 0 Å². The van der Waals surface area contributed by atoms with Gasteiger partial charge in [0, 0.05) is 7.11 Å². The second-order valence-electron chi connectivity index (χ2n) is 7.01. The lowest BCUT2D eigenvalue weighted by Crippen LogP contribution is -1.95. The zero-order chi connectivity index (χ0) is 34.7. The van der Waals surface area contributed by atoms with Crippen LogP contribution in [0.15, 0.2) is 127 Å². The van der Waals surface area contributed by atoms with Gasteiger partial charge in [0.2, 0.25) is 0 Å². The third kappa shape index (κ3) is 52.5. The average Bonchev–Trinajstić information content (AvgIpc) is 3.15. The van der Waals surface area contributed by atoms with E-state index in [9.17, 15) is 4.21 Å². The molecule has 0 aromatic heterocycles. The van der Waals surface area contributed by atoms with E-state index in [-0.39, 0.29) is 29.7 Å². The van der Waals surface area contributed by atoms with Gasteiger partial charge in [-0.05, 0) is 23.1 Å². The molecule has 0 aliphatic heterocycles. The molecule has 0 spiro atoms. The fourth-order valence-corrected chi connectivity index (χ4v) is 3.19. The summed E-state index contributed by atoms with van der Waals surface area (Å²) in [7, 11) is 3.14. The van der Waals surface area contributed by atoms with Gasteiger partial charge in [-0.2, -0.15) is 0 Å². The fraction of sp³-hybridized carbons (Fsp3) is 0.455. The molecule has 0 amide bonds. The van der Waals surface area contributed by atoms with Crippen LogP contribution < -0.4 is 0 Å². The molecule has 0 aliphatic rings. The summed E-state index contributed by atoms with van der Waals surface area (Å²) >= 11 is -1.18. The Bertz CT molecular complexity index is 938. The molecule has 1 atom stereocenters. The Kier molecular flexibility index (Phi) is 92.9. The van der Waals surface area contributed by atoms with Crippen LogP contribution in [-0.4, -0.2) is 18.4 Å². The molecule has 0 fully saturated rings. The summed E-state index contributed by atoms with van der Waals surface area (Å²) < 4.78 is 20.4. The molecular formula is C44H82O3S. The van der Waals surface area contributed by atoms with Crippen LogP contribution in [0.5, 0.6) is 0 Å². The van der Waals surface area contributed by atoms with Gasteiger partial charge in [-0.3, -0.25) is 4.18 Å². The van der Waals surface area contributed by atoms with E-state index in [1.165, 1.54) is 18.2 Å². The van der Waals surface area contributed by atoms with Crippen LogP contribution in [0.1, 0.15) is 123 Å². The first kappa shape index (κ1) is 67.2. The van der Waals surface area contributed by atoms with Gasteiger partial charge >= 0.3 is 0 Å². The van der Waals surface area contributed by atoms with Crippen molar-refractivity contribution < 1.29 is 13.1 Å². The first-order valence-electron chi connectivity index (χ1n) is 16.2. The van der Waals surface area contributed by atoms with Crippen LogP contribution >= 0.6 is 0 Å². The minimum absolute atomic E-state index is 0. The van der Waals surface area contributed by atoms with Crippen molar-refractivity contribution in [2.45, 2.75) is 125 Å². The molecule has 4 rings (SSSR count). The number of benzene rings is 4. The molecule has 3 nitrogen and oxygen atoms in total. The number of hydrogen-bond acceptors (Lipinski definition) is 3. The van der Waals surface area contributed by atoms with Crippen LogP contribution in [0.4, 0.5) is 0 Å². The van der Waals surface area contributed by atoms with Crippen LogP contribution in [0.2, 0.25) is 0 Å². The van der Waals surface area contributed by atoms with Gasteiger partial charge in [0.25, 0.3) is 0 Å². The maximum absolute atomic E-state index is 10.9.